The molecule has 1 aromatic carbocycles. The fourth-order valence-electron chi connectivity index (χ4n) is 1.31. The van der Waals surface area contributed by atoms with Crippen molar-refractivity contribution < 1.29 is 0 Å². The molecule has 3 N–H and O–H groups in total. The highest BCUT2D eigenvalue weighted by Crippen LogP contribution is 2.16. The number of fused-ring (bicyclic) bond motifs is 1. The molecule has 0 amide bonds. The van der Waals surface area contributed by atoms with E-state index in [-0.39, 0.29) is 0 Å². The monoisotopic (exact) mass is 146 g/mol. The van der Waals surface area contributed by atoms with Gasteiger partial charge in [0, 0.05) is 23.8 Å². The maximum Gasteiger partial charge on any atom is 0.0365 e. The van der Waals surface area contributed by atoms with Gasteiger partial charge in [0.2, 0.25) is 0 Å². The fourth-order valence-corrected chi connectivity index (χ4v) is 1.31. The van der Waals surface area contributed by atoms with Crippen LogP contribution in [0.3, 0.4) is 0 Å². The number of aromatic nitrogens is 1. The van der Waals surface area contributed by atoms with Crippen LogP contribution >= 0.6 is 0 Å². The maximum atomic E-state index is 5.53. The lowest BCUT2D eigenvalue weighted by Crippen LogP contribution is -1.95. The summed E-state index contributed by atoms with van der Waals surface area (Å²) < 4.78 is 0. The van der Waals surface area contributed by atoms with Crippen molar-refractivity contribution in [1.82, 2.24) is 4.98 Å². The molecular weight excluding hydrogens is 136 g/mol. The normalized spacial score (nSPS) is 10.6. The molecule has 0 atom stereocenters. The summed E-state index contributed by atoms with van der Waals surface area (Å²) in [6, 6.07) is 8.20. The molecule has 0 spiro atoms. The summed E-state index contributed by atoms with van der Waals surface area (Å²) in [5.41, 5.74) is 6.64. The zero-order valence-electron chi connectivity index (χ0n) is 6.17. The van der Waals surface area contributed by atoms with Crippen LogP contribution in [-0.4, -0.2) is 4.98 Å². The summed E-state index contributed by atoms with van der Waals surface area (Å²) in [6.45, 7) is 0.577. The van der Waals surface area contributed by atoms with Crippen molar-refractivity contribution in [3.8, 4) is 0 Å². The SMILES string of the molecule is NCc1[nH]cc2ccccc12. The molecule has 1 aromatic heterocycles. The van der Waals surface area contributed by atoms with Crippen molar-refractivity contribution in [2.45, 2.75) is 6.54 Å². The van der Waals surface area contributed by atoms with Crippen molar-refractivity contribution in [3.63, 3.8) is 0 Å². The number of nitrogens with two attached hydrogens (primary N) is 1. The number of hydrogen-bond donors (Lipinski definition) is 2. The van der Waals surface area contributed by atoms with E-state index in [4.69, 9.17) is 5.73 Å². The first kappa shape index (κ1) is 6.43. The third-order valence-corrected chi connectivity index (χ3v) is 1.89. The first-order valence-electron chi connectivity index (χ1n) is 3.67. The molecule has 0 bridgehead atoms. The van der Waals surface area contributed by atoms with Gasteiger partial charge in [-0.05, 0) is 5.39 Å². The third-order valence-electron chi connectivity index (χ3n) is 1.89. The van der Waals surface area contributed by atoms with Gasteiger partial charge in [-0.2, -0.15) is 0 Å². The molecule has 11 heavy (non-hydrogen) atoms. The highest BCUT2D eigenvalue weighted by Gasteiger charge is 1.98. The van der Waals surface area contributed by atoms with E-state index in [1.54, 1.807) is 0 Å². The molecule has 0 radical (unpaired) electrons. The second kappa shape index (κ2) is 2.40. The fraction of sp³-hybridized carbons (Fsp3) is 0.111. The zero-order valence-corrected chi connectivity index (χ0v) is 6.17. The van der Waals surface area contributed by atoms with E-state index in [1.165, 1.54) is 10.8 Å². The van der Waals surface area contributed by atoms with Crippen LogP contribution in [-0.2, 0) is 6.54 Å². The maximum absolute atomic E-state index is 5.53. The molecule has 0 unspecified atom stereocenters. The van der Waals surface area contributed by atoms with Crippen LogP contribution in [0.1, 0.15) is 5.69 Å². The molecule has 0 aliphatic heterocycles. The minimum atomic E-state index is 0.577. The zero-order chi connectivity index (χ0) is 7.68. The van der Waals surface area contributed by atoms with E-state index in [0.717, 1.165) is 5.69 Å². The van der Waals surface area contributed by atoms with Gasteiger partial charge in [-0.3, -0.25) is 0 Å². The third kappa shape index (κ3) is 0.917. The van der Waals surface area contributed by atoms with E-state index in [0.29, 0.717) is 6.54 Å². The summed E-state index contributed by atoms with van der Waals surface area (Å²) in [6.07, 6.45) is 1.98. The van der Waals surface area contributed by atoms with Crippen LogP contribution in [0.2, 0.25) is 0 Å². The highest BCUT2D eigenvalue weighted by molar-refractivity contribution is 5.84. The molecule has 0 saturated carbocycles. The highest BCUT2D eigenvalue weighted by atomic mass is 14.7. The van der Waals surface area contributed by atoms with Gasteiger partial charge in [0.25, 0.3) is 0 Å². The Morgan fingerprint density at radius 1 is 1.27 bits per heavy atom. The number of rotatable bonds is 1. The van der Waals surface area contributed by atoms with E-state index in [9.17, 15) is 0 Å². The lowest BCUT2D eigenvalue weighted by molar-refractivity contribution is 1.02. The van der Waals surface area contributed by atoms with Crippen LogP contribution in [0.15, 0.2) is 30.5 Å². The Bertz CT molecular complexity index is 362. The molecule has 1 heterocycles. The smallest absolute Gasteiger partial charge is 0.0365 e. The van der Waals surface area contributed by atoms with Crippen molar-refractivity contribution in [3.05, 3.63) is 36.2 Å². The summed E-state index contributed by atoms with van der Waals surface area (Å²) >= 11 is 0. The Labute approximate surface area is 65.0 Å². The summed E-state index contributed by atoms with van der Waals surface area (Å²) in [4.78, 5) is 3.14. The number of aromatic amines is 1. The van der Waals surface area contributed by atoms with Crippen LogP contribution < -0.4 is 5.73 Å². The van der Waals surface area contributed by atoms with Crippen LogP contribution in [0.25, 0.3) is 10.8 Å². The van der Waals surface area contributed by atoms with Crippen LogP contribution in [0.4, 0.5) is 0 Å². The van der Waals surface area contributed by atoms with Gasteiger partial charge < -0.3 is 10.7 Å². The Balaban J connectivity index is 2.76. The van der Waals surface area contributed by atoms with E-state index >= 15 is 0 Å². The first-order chi connectivity index (χ1) is 5.42. The van der Waals surface area contributed by atoms with Gasteiger partial charge in [-0.1, -0.05) is 24.3 Å². The second-order valence-electron chi connectivity index (χ2n) is 2.56. The van der Waals surface area contributed by atoms with E-state index in [1.807, 2.05) is 18.3 Å². The Morgan fingerprint density at radius 2 is 2.09 bits per heavy atom. The van der Waals surface area contributed by atoms with E-state index in [2.05, 4.69) is 17.1 Å². The van der Waals surface area contributed by atoms with Crippen LogP contribution in [0.5, 0.6) is 0 Å². The molecule has 2 heteroatoms. The van der Waals surface area contributed by atoms with Gasteiger partial charge in [0.1, 0.15) is 0 Å². The Hall–Kier alpha value is -1.28. The average molecular weight is 146 g/mol. The van der Waals surface area contributed by atoms with Gasteiger partial charge in [-0.15, -0.1) is 0 Å². The molecule has 0 fully saturated rings. The van der Waals surface area contributed by atoms with Gasteiger partial charge in [-0.25, -0.2) is 0 Å². The lowest BCUT2D eigenvalue weighted by atomic mass is 10.2. The van der Waals surface area contributed by atoms with Gasteiger partial charge in [0.15, 0.2) is 0 Å². The Morgan fingerprint density at radius 3 is 2.91 bits per heavy atom. The first-order valence-corrected chi connectivity index (χ1v) is 3.67. The van der Waals surface area contributed by atoms with Crippen molar-refractivity contribution in [1.29, 1.82) is 0 Å². The minimum absolute atomic E-state index is 0.577. The molecule has 0 aliphatic rings. The average Bonchev–Trinajstić information content (AvgIpc) is 2.47. The largest absolute Gasteiger partial charge is 0.363 e. The van der Waals surface area contributed by atoms with Gasteiger partial charge in [0.05, 0.1) is 0 Å². The van der Waals surface area contributed by atoms with E-state index < -0.39 is 0 Å². The quantitative estimate of drug-likeness (QED) is 0.630. The molecule has 2 nitrogen and oxygen atoms in total. The summed E-state index contributed by atoms with van der Waals surface area (Å²) in [5.74, 6) is 0. The molecular formula is C9H10N2. The lowest BCUT2D eigenvalue weighted by Gasteiger charge is -1.91. The molecule has 0 saturated heterocycles. The topological polar surface area (TPSA) is 41.8 Å². The predicted octanol–water partition coefficient (Wildman–Crippen LogP) is 1.63. The number of H-pyrrole nitrogens is 1. The molecule has 0 aliphatic carbocycles. The molecule has 56 valence electrons. The number of hydrogen-bond acceptors (Lipinski definition) is 1. The van der Waals surface area contributed by atoms with Gasteiger partial charge >= 0.3 is 0 Å². The standard InChI is InChI=1S/C9H10N2/c10-5-9-8-4-2-1-3-7(8)6-11-9/h1-4,6,11H,5,10H2. The minimum Gasteiger partial charge on any atom is -0.363 e. The van der Waals surface area contributed by atoms with Crippen molar-refractivity contribution in [2.24, 2.45) is 5.73 Å². The predicted molar refractivity (Wildman–Crippen MR) is 46.2 cm³/mol. The van der Waals surface area contributed by atoms with Crippen molar-refractivity contribution >= 4 is 10.8 Å². The van der Waals surface area contributed by atoms with Crippen LogP contribution in [0, 0.1) is 0 Å². The number of nitrogens with one attached hydrogen (secondary N) is 1. The summed E-state index contributed by atoms with van der Waals surface area (Å²) in [5, 5.41) is 2.46. The summed E-state index contributed by atoms with van der Waals surface area (Å²) in [7, 11) is 0. The van der Waals surface area contributed by atoms with Crippen molar-refractivity contribution in [2.75, 3.05) is 0 Å². The molecule has 2 rings (SSSR count). The Kier molecular flexibility index (Phi) is 1.40. The number of benzene rings is 1. The second-order valence-corrected chi connectivity index (χ2v) is 2.56. The molecule has 2 aromatic rings.